The topological polar surface area (TPSA) is 105 Å². The van der Waals surface area contributed by atoms with E-state index in [1.807, 2.05) is 32.0 Å². The van der Waals surface area contributed by atoms with Crippen molar-refractivity contribution in [3.8, 4) is 11.5 Å². The summed E-state index contributed by atoms with van der Waals surface area (Å²) in [6.45, 7) is 4.53. The molecule has 9 heteroatoms. The maximum Gasteiger partial charge on any atom is 0.322 e. The van der Waals surface area contributed by atoms with E-state index in [0.29, 0.717) is 25.3 Å². The molecule has 8 nitrogen and oxygen atoms in total. The van der Waals surface area contributed by atoms with Gasteiger partial charge < -0.3 is 4.42 Å². The molecule has 1 amide bonds. The number of sulfonamides is 1. The third-order valence-corrected chi connectivity index (χ3v) is 5.77. The van der Waals surface area contributed by atoms with Crippen molar-refractivity contribution in [2.45, 2.75) is 26.7 Å². The van der Waals surface area contributed by atoms with Gasteiger partial charge in [-0.15, -0.1) is 5.10 Å². The Bertz CT molecular complexity index is 923. The second kappa shape index (κ2) is 7.16. The number of benzene rings is 1. The average Bonchev–Trinajstić information content (AvgIpc) is 3.04. The molecule has 1 saturated heterocycles. The van der Waals surface area contributed by atoms with Crippen LogP contribution in [0.1, 0.15) is 24.0 Å². The number of hydrogen-bond donors (Lipinski definition) is 1. The predicted molar refractivity (Wildman–Crippen MR) is 97.0 cm³/mol. The molecule has 1 aromatic carbocycles. The average molecular weight is 378 g/mol. The smallest absolute Gasteiger partial charge is 0.322 e. The van der Waals surface area contributed by atoms with Crippen molar-refractivity contribution in [2.75, 3.05) is 24.7 Å². The van der Waals surface area contributed by atoms with Gasteiger partial charge in [-0.05, 0) is 38.3 Å². The first-order valence-corrected chi connectivity index (χ1v) is 10.3. The SMILES string of the molecule is Cc1ccc(C)c(-c2nnc(NC(=O)C3CCCN(S(C)(=O)=O)C3)o2)c1. The summed E-state index contributed by atoms with van der Waals surface area (Å²) >= 11 is 0. The van der Waals surface area contributed by atoms with E-state index in [0.717, 1.165) is 22.9 Å². The lowest BCUT2D eigenvalue weighted by atomic mass is 9.99. The highest BCUT2D eigenvalue weighted by atomic mass is 32.2. The fourth-order valence-corrected chi connectivity index (χ4v) is 3.93. The Kier molecular flexibility index (Phi) is 5.10. The first-order chi connectivity index (χ1) is 12.2. The Labute approximate surface area is 152 Å². The Morgan fingerprint density at radius 1 is 1.31 bits per heavy atom. The molecule has 140 valence electrons. The van der Waals surface area contributed by atoms with Crippen molar-refractivity contribution >= 4 is 21.9 Å². The summed E-state index contributed by atoms with van der Waals surface area (Å²) < 4.78 is 30.3. The minimum absolute atomic E-state index is 0.0161. The fraction of sp³-hybridized carbons (Fsp3) is 0.471. The van der Waals surface area contributed by atoms with Crippen LogP contribution in [0.2, 0.25) is 0 Å². The van der Waals surface area contributed by atoms with Crippen LogP contribution in [0.3, 0.4) is 0 Å². The number of amides is 1. The normalized spacial score (nSPS) is 18.7. The standard InChI is InChI=1S/C17H22N4O4S/c1-11-6-7-12(2)14(9-11)16-19-20-17(25-16)18-15(22)13-5-4-8-21(10-13)26(3,23)24/h6-7,9,13H,4-5,8,10H2,1-3H3,(H,18,20,22). The van der Waals surface area contributed by atoms with Gasteiger partial charge in [0.25, 0.3) is 0 Å². The largest absolute Gasteiger partial charge is 0.403 e. The summed E-state index contributed by atoms with van der Waals surface area (Å²) in [5.74, 6) is -0.410. The molecule has 0 saturated carbocycles. The number of carbonyl (C=O) groups is 1. The maximum absolute atomic E-state index is 12.4. The van der Waals surface area contributed by atoms with E-state index in [1.54, 1.807) is 0 Å². The summed E-state index contributed by atoms with van der Waals surface area (Å²) in [4.78, 5) is 12.4. The van der Waals surface area contributed by atoms with E-state index in [9.17, 15) is 13.2 Å². The van der Waals surface area contributed by atoms with E-state index in [-0.39, 0.29) is 18.5 Å². The van der Waals surface area contributed by atoms with Gasteiger partial charge in [0.05, 0.1) is 12.2 Å². The molecule has 1 aromatic heterocycles. The van der Waals surface area contributed by atoms with Crippen LogP contribution in [-0.2, 0) is 14.8 Å². The van der Waals surface area contributed by atoms with Crippen LogP contribution in [0, 0.1) is 19.8 Å². The number of hydrogen-bond acceptors (Lipinski definition) is 6. The number of nitrogens with one attached hydrogen (secondary N) is 1. The van der Waals surface area contributed by atoms with Crippen molar-refractivity contribution in [2.24, 2.45) is 5.92 Å². The Balaban J connectivity index is 1.71. The molecule has 1 fully saturated rings. The zero-order valence-corrected chi connectivity index (χ0v) is 15.8. The van der Waals surface area contributed by atoms with Crippen molar-refractivity contribution < 1.29 is 17.6 Å². The molecular weight excluding hydrogens is 356 g/mol. The van der Waals surface area contributed by atoms with E-state index >= 15 is 0 Å². The Morgan fingerprint density at radius 2 is 2.08 bits per heavy atom. The van der Waals surface area contributed by atoms with Crippen molar-refractivity contribution in [3.63, 3.8) is 0 Å². The molecule has 2 heterocycles. The Morgan fingerprint density at radius 3 is 2.81 bits per heavy atom. The first-order valence-electron chi connectivity index (χ1n) is 8.41. The van der Waals surface area contributed by atoms with Gasteiger partial charge in [0.15, 0.2) is 0 Å². The molecule has 0 bridgehead atoms. The molecule has 1 aliphatic rings. The van der Waals surface area contributed by atoms with E-state index in [2.05, 4.69) is 15.5 Å². The molecule has 26 heavy (non-hydrogen) atoms. The molecular formula is C17H22N4O4S. The van der Waals surface area contributed by atoms with E-state index < -0.39 is 15.9 Å². The lowest BCUT2D eigenvalue weighted by molar-refractivity contribution is -0.121. The fourth-order valence-electron chi connectivity index (χ4n) is 3.01. The summed E-state index contributed by atoms with van der Waals surface area (Å²) in [5.41, 5.74) is 2.88. The molecule has 0 radical (unpaired) electrons. The van der Waals surface area contributed by atoms with Gasteiger partial charge in [0, 0.05) is 18.7 Å². The van der Waals surface area contributed by atoms with Gasteiger partial charge in [-0.3, -0.25) is 10.1 Å². The minimum atomic E-state index is -3.30. The zero-order valence-electron chi connectivity index (χ0n) is 15.0. The first kappa shape index (κ1) is 18.5. The third kappa shape index (κ3) is 4.10. The summed E-state index contributed by atoms with van der Waals surface area (Å²) in [6, 6.07) is 5.92. The predicted octanol–water partition coefficient (Wildman–Crippen LogP) is 1.96. The van der Waals surface area contributed by atoms with E-state index in [1.165, 1.54) is 4.31 Å². The van der Waals surface area contributed by atoms with Crippen LogP contribution in [0.5, 0.6) is 0 Å². The minimum Gasteiger partial charge on any atom is -0.403 e. The lowest BCUT2D eigenvalue weighted by Crippen LogP contribution is -2.43. The Hall–Kier alpha value is -2.26. The summed E-state index contributed by atoms with van der Waals surface area (Å²) in [7, 11) is -3.30. The number of rotatable bonds is 4. The van der Waals surface area contributed by atoms with Gasteiger partial charge in [-0.2, -0.15) is 0 Å². The molecule has 1 unspecified atom stereocenters. The lowest BCUT2D eigenvalue weighted by Gasteiger charge is -2.29. The van der Waals surface area contributed by atoms with Gasteiger partial charge >= 0.3 is 6.01 Å². The van der Waals surface area contributed by atoms with Crippen molar-refractivity contribution in [1.82, 2.24) is 14.5 Å². The number of aromatic nitrogens is 2. The molecule has 0 spiro atoms. The molecule has 1 atom stereocenters. The van der Waals surface area contributed by atoms with Crippen molar-refractivity contribution in [3.05, 3.63) is 29.3 Å². The molecule has 0 aliphatic carbocycles. The van der Waals surface area contributed by atoms with Crippen LogP contribution < -0.4 is 5.32 Å². The molecule has 2 aromatic rings. The molecule has 3 rings (SSSR count). The third-order valence-electron chi connectivity index (χ3n) is 4.50. The summed E-state index contributed by atoms with van der Waals surface area (Å²) in [5, 5.41) is 10.5. The van der Waals surface area contributed by atoms with Crippen LogP contribution in [0.25, 0.3) is 11.5 Å². The highest BCUT2D eigenvalue weighted by molar-refractivity contribution is 7.88. The van der Waals surface area contributed by atoms with Gasteiger partial charge in [-0.1, -0.05) is 22.8 Å². The van der Waals surface area contributed by atoms with Crippen LogP contribution in [-0.4, -0.2) is 48.2 Å². The highest BCUT2D eigenvalue weighted by Gasteiger charge is 2.30. The van der Waals surface area contributed by atoms with Crippen LogP contribution in [0.15, 0.2) is 22.6 Å². The van der Waals surface area contributed by atoms with Gasteiger partial charge in [0.1, 0.15) is 0 Å². The highest BCUT2D eigenvalue weighted by Crippen LogP contribution is 2.25. The number of anilines is 1. The van der Waals surface area contributed by atoms with Gasteiger partial charge in [0.2, 0.25) is 21.8 Å². The summed E-state index contributed by atoms with van der Waals surface area (Å²) in [6.07, 6.45) is 2.42. The van der Waals surface area contributed by atoms with Crippen LogP contribution in [0.4, 0.5) is 6.01 Å². The number of carbonyl (C=O) groups excluding carboxylic acids is 1. The van der Waals surface area contributed by atoms with Gasteiger partial charge in [-0.25, -0.2) is 12.7 Å². The molecule has 1 aliphatic heterocycles. The second-order valence-corrected chi connectivity index (χ2v) is 8.66. The number of nitrogens with zero attached hydrogens (tertiary/aromatic N) is 3. The van der Waals surface area contributed by atoms with Crippen LogP contribution >= 0.6 is 0 Å². The number of piperidine rings is 1. The van der Waals surface area contributed by atoms with Crippen molar-refractivity contribution in [1.29, 1.82) is 0 Å². The number of aryl methyl sites for hydroxylation is 2. The second-order valence-electron chi connectivity index (χ2n) is 6.68. The quantitative estimate of drug-likeness (QED) is 0.872. The zero-order chi connectivity index (χ0) is 18.9. The van der Waals surface area contributed by atoms with E-state index in [4.69, 9.17) is 4.42 Å². The monoisotopic (exact) mass is 378 g/mol. The molecule has 1 N–H and O–H groups in total. The maximum atomic E-state index is 12.4.